The molecule has 0 amide bonds. The molecule has 8 heteroatoms. The van der Waals surface area contributed by atoms with Crippen molar-refractivity contribution < 1.29 is 9.53 Å². The smallest absolute Gasteiger partial charge is 0.356 e. The highest BCUT2D eigenvalue weighted by molar-refractivity contribution is 9.10. The van der Waals surface area contributed by atoms with Gasteiger partial charge >= 0.3 is 5.97 Å². The maximum absolute atomic E-state index is 12.1. The number of aryl methyl sites for hydroxylation is 1. The topological polar surface area (TPSA) is 56.5 Å². The predicted molar refractivity (Wildman–Crippen MR) is 92.2 cm³/mol. The Morgan fingerprint density at radius 3 is 2.65 bits per heavy atom. The first-order chi connectivity index (χ1) is 10.9. The van der Waals surface area contributed by atoms with E-state index in [0.717, 1.165) is 5.56 Å². The minimum Gasteiger partial charge on any atom is -0.464 e. The summed E-state index contributed by atoms with van der Waals surface area (Å²) in [4.78, 5) is 16.6. The van der Waals surface area contributed by atoms with Crippen molar-refractivity contribution in [2.75, 3.05) is 7.11 Å². The summed E-state index contributed by atoms with van der Waals surface area (Å²) < 4.78 is 7.00. The van der Waals surface area contributed by atoms with Crippen molar-refractivity contribution in [1.29, 1.82) is 0 Å². The second kappa shape index (κ2) is 6.11. The van der Waals surface area contributed by atoms with Crippen LogP contribution in [0.5, 0.6) is 0 Å². The Labute approximate surface area is 150 Å². The number of carbonyl (C=O) groups excluding carboxylic acids is 1. The molecule has 23 heavy (non-hydrogen) atoms. The normalized spacial score (nSPS) is 11.0. The van der Waals surface area contributed by atoms with Crippen molar-refractivity contribution in [2.24, 2.45) is 0 Å². The van der Waals surface area contributed by atoms with Gasteiger partial charge in [0, 0.05) is 5.56 Å². The summed E-state index contributed by atoms with van der Waals surface area (Å²) in [5.41, 5.74) is 2.81. The molecule has 5 nitrogen and oxygen atoms in total. The van der Waals surface area contributed by atoms with E-state index in [1.807, 2.05) is 6.92 Å². The fourth-order valence-corrected chi connectivity index (χ4v) is 2.78. The zero-order valence-electron chi connectivity index (χ0n) is 12.1. The van der Waals surface area contributed by atoms with Crippen molar-refractivity contribution in [1.82, 2.24) is 14.6 Å². The van der Waals surface area contributed by atoms with E-state index in [-0.39, 0.29) is 5.69 Å². The Morgan fingerprint density at radius 1 is 1.26 bits per heavy atom. The number of ether oxygens (including phenoxy) is 1. The van der Waals surface area contributed by atoms with Crippen LogP contribution in [0, 0.1) is 6.92 Å². The van der Waals surface area contributed by atoms with Crippen molar-refractivity contribution in [3.63, 3.8) is 0 Å². The van der Waals surface area contributed by atoms with Crippen LogP contribution in [-0.2, 0) is 4.74 Å². The fourth-order valence-electron chi connectivity index (χ4n) is 2.15. The molecule has 1 aromatic carbocycles. The number of hydrogen-bond acceptors (Lipinski definition) is 4. The highest BCUT2D eigenvalue weighted by Gasteiger charge is 2.19. The lowest BCUT2D eigenvalue weighted by Gasteiger charge is -2.07. The molecule has 0 spiro atoms. The van der Waals surface area contributed by atoms with Gasteiger partial charge in [0.25, 0.3) is 0 Å². The average molecular weight is 415 g/mol. The summed E-state index contributed by atoms with van der Waals surface area (Å²) >= 11 is 15.5. The van der Waals surface area contributed by atoms with Crippen molar-refractivity contribution in [3.8, 4) is 11.3 Å². The van der Waals surface area contributed by atoms with Crippen LogP contribution in [0.25, 0.3) is 16.9 Å². The SMILES string of the molecule is COC(=O)c1cc(-c2ccc(Cl)c(Cl)c2)nc2c(Br)c(C)nn12. The molecule has 118 valence electrons. The molecule has 0 aliphatic rings. The Kier molecular flexibility index (Phi) is 4.31. The molecule has 3 rings (SSSR count). The van der Waals surface area contributed by atoms with E-state index < -0.39 is 5.97 Å². The first-order valence-electron chi connectivity index (χ1n) is 6.52. The standard InChI is InChI=1S/C15H10BrCl2N3O2/c1-7-13(16)14-19-11(8-3-4-9(17)10(18)5-8)6-12(15(22)23-2)21(14)20-7/h3-6H,1-2H3. The van der Waals surface area contributed by atoms with Crippen LogP contribution in [0.1, 0.15) is 16.2 Å². The van der Waals surface area contributed by atoms with Crippen LogP contribution < -0.4 is 0 Å². The van der Waals surface area contributed by atoms with Gasteiger partial charge in [-0.15, -0.1) is 0 Å². The van der Waals surface area contributed by atoms with Crippen LogP contribution in [-0.4, -0.2) is 27.7 Å². The number of hydrogen-bond donors (Lipinski definition) is 0. The maximum Gasteiger partial charge on any atom is 0.356 e. The predicted octanol–water partition coefficient (Wildman–Crippen LogP) is 4.56. The number of nitrogens with zero attached hydrogens (tertiary/aromatic N) is 3. The number of esters is 1. The summed E-state index contributed by atoms with van der Waals surface area (Å²) in [5.74, 6) is -0.506. The molecule has 0 unspecified atom stereocenters. The van der Waals surface area contributed by atoms with Crippen LogP contribution in [0.2, 0.25) is 10.0 Å². The number of methoxy groups -OCH3 is 1. The van der Waals surface area contributed by atoms with Crippen LogP contribution >= 0.6 is 39.1 Å². The van der Waals surface area contributed by atoms with E-state index in [9.17, 15) is 4.79 Å². The molecule has 0 bridgehead atoms. The number of aromatic nitrogens is 3. The number of halogens is 3. The van der Waals surface area contributed by atoms with Gasteiger partial charge < -0.3 is 4.74 Å². The third-order valence-electron chi connectivity index (χ3n) is 3.30. The highest BCUT2D eigenvalue weighted by Crippen LogP contribution is 2.30. The fraction of sp³-hybridized carbons (Fsp3) is 0.133. The molecule has 0 atom stereocenters. The van der Waals surface area contributed by atoms with Crippen LogP contribution in [0.4, 0.5) is 0 Å². The van der Waals surface area contributed by atoms with Crippen molar-refractivity contribution >= 4 is 50.7 Å². The Balaban J connectivity index is 2.31. The summed E-state index contributed by atoms with van der Waals surface area (Å²) in [5, 5.41) is 5.17. The van der Waals surface area contributed by atoms with E-state index in [0.29, 0.717) is 31.6 Å². The maximum atomic E-state index is 12.1. The molecule has 0 N–H and O–H groups in total. The van der Waals surface area contributed by atoms with Gasteiger partial charge in [0.2, 0.25) is 0 Å². The second-order valence-electron chi connectivity index (χ2n) is 4.78. The van der Waals surface area contributed by atoms with Gasteiger partial charge in [-0.05, 0) is 41.1 Å². The zero-order valence-corrected chi connectivity index (χ0v) is 15.2. The van der Waals surface area contributed by atoms with Crippen molar-refractivity contribution in [2.45, 2.75) is 6.92 Å². The number of fused-ring (bicyclic) bond motifs is 1. The average Bonchev–Trinajstić information content (AvgIpc) is 2.83. The largest absolute Gasteiger partial charge is 0.464 e. The monoisotopic (exact) mass is 413 g/mol. The van der Waals surface area contributed by atoms with E-state index in [1.165, 1.54) is 11.6 Å². The lowest BCUT2D eigenvalue weighted by molar-refractivity contribution is 0.0590. The molecule has 0 aliphatic carbocycles. The quantitative estimate of drug-likeness (QED) is 0.576. The zero-order chi connectivity index (χ0) is 16.7. The van der Waals surface area contributed by atoms with Gasteiger partial charge in [0.05, 0.1) is 33.0 Å². The van der Waals surface area contributed by atoms with E-state index in [1.54, 1.807) is 24.3 Å². The summed E-state index contributed by atoms with van der Waals surface area (Å²) in [6.07, 6.45) is 0. The minimum atomic E-state index is -0.506. The first kappa shape index (κ1) is 16.2. The molecule has 3 aromatic rings. The molecule has 0 saturated carbocycles. The molecule has 2 heterocycles. The molecule has 0 fully saturated rings. The van der Waals surface area contributed by atoms with Crippen LogP contribution in [0.3, 0.4) is 0 Å². The molecular formula is C15H10BrCl2N3O2. The van der Waals surface area contributed by atoms with Gasteiger partial charge in [-0.3, -0.25) is 0 Å². The number of benzene rings is 1. The summed E-state index contributed by atoms with van der Waals surface area (Å²) in [6.45, 7) is 1.82. The molecule has 0 radical (unpaired) electrons. The molecule has 2 aromatic heterocycles. The van der Waals surface area contributed by atoms with E-state index in [4.69, 9.17) is 27.9 Å². The van der Waals surface area contributed by atoms with Gasteiger partial charge in [0.1, 0.15) is 0 Å². The third kappa shape index (κ3) is 2.82. The lowest BCUT2D eigenvalue weighted by atomic mass is 10.1. The molecule has 0 saturated heterocycles. The number of rotatable bonds is 2. The molecular weight excluding hydrogens is 405 g/mol. The van der Waals surface area contributed by atoms with Crippen molar-refractivity contribution in [3.05, 3.63) is 50.2 Å². The summed E-state index contributed by atoms with van der Waals surface area (Å²) in [7, 11) is 1.32. The van der Waals surface area contributed by atoms with E-state index in [2.05, 4.69) is 26.0 Å². The lowest BCUT2D eigenvalue weighted by Crippen LogP contribution is -2.10. The molecule has 0 aliphatic heterocycles. The number of carbonyl (C=O) groups is 1. The van der Waals surface area contributed by atoms with Gasteiger partial charge in [-0.1, -0.05) is 29.3 Å². The highest BCUT2D eigenvalue weighted by atomic mass is 79.9. The Bertz CT molecular complexity index is 940. The van der Waals surface area contributed by atoms with Gasteiger partial charge in [0.15, 0.2) is 11.3 Å². The first-order valence-corrected chi connectivity index (χ1v) is 8.07. The van der Waals surface area contributed by atoms with Crippen LogP contribution in [0.15, 0.2) is 28.7 Å². The summed E-state index contributed by atoms with van der Waals surface area (Å²) in [6, 6.07) is 6.77. The third-order valence-corrected chi connectivity index (χ3v) is 4.97. The Hall–Kier alpha value is -1.63. The van der Waals surface area contributed by atoms with Gasteiger partial charge in [-0.25, -0.2) is 14.3 Å². The van der Waals surface area contributed by atoms with E-state index >= 15 is 0 Å². The Morgan fingerprint density at radius 2 is 2.00 bits per heavy atom. The second-order valence-corrected chi connectivity index (χ2v) is 6.39. The minimum absolute atomic E-state index is 0.271. The van der Waals surface area contributed by atoms with Gasteiger partial charge in [-0.2, -0.15) is 5.10 Å².